The summed E-state index contributed by atoms with van der Waals surface area (Å²) in [6.07, 6.45) is 6.81. The Labute approximate surface area is 285 Å². The van der Waals surface area contributed by atoms with E-state index in [1.54, 1.807) is 32.4 Å². The quantitative estimate of drug-likeness (QED) is 0.172. The third-order valence-corrected chi connectivity index (χ3v) is 10.4. The molecule has 2 fully saturated rings. The van der Waals surface area contributed by atoms with Crippen LogP contribution in [-0.4, -0.2) is 89.8 Å². The van der Waals surface area contributed by atoms with Crippen LogP contribution in [0.25, 0.3) is 32.8 Å². The van der Waals surface area contributed by atoms with Crippen molar-refractivity contribution in [2.75, 3.05) is 45.3 Å². The zero-order valence-electron chi connectivity index (χ0n) is 28.9. The van der Waals surface area contributed by atoms with Crippen molar-refractivity contribution in [3.8, 4) is 35.2 Å². The minimum atomic E-state index is -0.949. The Bertz CT molecular complexity index is 1930. The molecule has 0 aliphatic carbocycles. The molecule has 1 aromatic heterocycles. The van der Waals surface area contributed by atoms with Gasteiger partial charge in [0.15, 0.2) is 5.82 Å². The van der Waals surface area contributed by atoms with Crippen LogP contribution in [0.15, 0.2) is 36.4 Å². The summed E-state index contributed by atoms with van der Waals surface area (Å²) in [5.74, 6) is 0.894. The maximum Gasteiger partial charge on any atom is 0.319 e. The molecule has 8 nitrogen and oxygen atoms in total. The predicted octanol–water partition coefficient (Wildman–Crippen LogP) is 6.60. The minimum Gasteiger partial charge on any atom is -0.508 e. The zero-order chi connectivity index (χ0) is 35.2. The number of aromatic nitrogens is 2. The molecule has 0 saturated carbocycles. The highest BCUT2D eigenvalue weighted by Crippen LogP contribution is 2.42. The molecule has 11 heteroatoms. The molecule has 2 aliphatic rings. The van der Waals surface area contributed by atoms with Crippen molar-refractivity contribution in [1.82, 2.24) is 20.2 Å². The molecule has 0 spiro atoms. The third kappa shape index (κ3) is 6.50. The Morgan fingerprint density at radius 1 is 1.22 bits per heavy atom. The van der Waals surface area contributed by atoms with E-state index in [1.165, 1.54) is 18.2 Å². The number of anilines is 1. The topological polar surface area (TPSA) is 83.0 Å². The molecule has 2 aliphatic heterocycles. The average Bonchev–Trinajstić information content (AvgIpc) is 3.57. The van der Waals surface area contributed by atoms with Gasteiger partial charge in [0.2, 0.25) is 0 Å². The predicted molar refractivity (Wildman–Crippen MR) is 187 cm³/mol. The van der Waals surface area contributed by atoms with Crippen molar-refractivity contribution in [3.63, 3.8) is 0 Å². The van der Waals surface area contributed by atoms with Gasteiger partial charge in [-0.05, 0) is 76.7 Å². The number of phenols is 1. The molecule has 3 aromatic carbocycles. The summed E-state index contributed by atoms with van der Waals surface area (Å²) in [5, 5.41) is 15.3. The number of rotatable bonds is 11. The Balaban J connectivity index is 1.47. The highest BCUT2D eigenvalue weighted by molar-refractivity contribution is 6.04. The number of methoxy groups -OCH3 is 1. The van der Waals surface area contributed by atoms with Crippen LogP contribution in [0, 0.1) is 24.0 Å². The second-order valence-electron chi connectivity index (χ2n) is 14.2. The van der Waals surface area contributed by atoms with Gasteiger partial charge in [-0.2, -0.15) is 9.97 Å². The van der Waals surface area contributed by atoms with Crippen molar-refractivity contribution in [1.29, 1.82) is 0 Å². The number of ether oxygens (including phenoxy) is 2. The Morgan fingerprint density at radius 3 is 2.73 bits per heavy atom. The average molecular weight is 676 g/mol. The first kappa shape index (κ1) is 34.7. The zero-order valence-corrected chi connectivity index (χ0v) is 28.9. The molecule has 3 heterocycles. The van der Waals surface area contributed by atoms with Crippen molar-refractivity contribution in [2.45, 2.75) is 76.4 Å². The molecule has 6 rings (SSSR count). The number of nitrogens with zero attached hydrogens (tertiary/aromatic N) is 4. The van der Waals surface area contributed by atoms with E-state index in [9.17, 15) is 9.50 Å². The largest absolute Gasteiger partial charge is 0.508 e. The molecule has 49 heavy (non-hydrogen) atoms. The lowest BCUT2D eigenvalue weighted by molar-refractivity contribution is 0.0422. The van der Waals surface area contributed by atoms with E-state index in [0.29, 0.717) is 35.8 Å². The number of hydrogen-bond acceptors (Lipinski definition) is 8. The van der Waals surface area contributed by atoms with Crippen LogP contribution in [0.3, 0.4) is 0 Å². The summed E-state index contributed by atoms with van der Waals surface area (Å²) in [5.41, 5.74) is -0.852. The number of aromatic hydroxyl groups is 1. The van der Waals surface area contributed by atoms with E-state index in [1.807, 2.05) is 32.6 Å². The van der Waals surface area contributed by atoms with Gasteiger partial charge in [-0.1, -0.05) is 18.1 Å². The van der Waals surface area contributed by atoms with Crippen molar-refractivity contribution >= 4 is 27.5 Å². The first-order chi connectivity index (χ1) is 23.3. The van der Waals surface area contributed by atoms with Crippen LogP contribution in [-0.2, 0) is 4.74 Å². The first-order valence-corrected chi connectivity index (χ1v) is 16.7. The second kappa shape index (κ2) is 13.3. The van der Waals surface area contributed by atoms with Crippen LogP contribution in [0.5, 0.6) is 11.8 Å². The number of fused-ring (bicyclic) bond motifs is 3. The van der Waals surface area contributed by atoms with Crippen molar-refractivity contribution in [2.24, 2.45) is 0 Å². The standard InChI is InChI=1S/C38H44F3N5O3/c1-8-24-11-9-12-25-15-27(47)16-28(31(24)25)32-30(40)17-29-34(33(32)41)42-36(49-21-38-13-10-14-46(38)20-26(39)18-38)43-35(29)45(6)19-22(2)44-37(4,5)23(3)48-7/h1,9,11-12,15-17,22-23,26,44,47H,10,13-14,18-21H2,2-7H3/t22-,23?,26-,38+/m1/s1. The normalized spacial score (nSPS) is 20.8. The fourth-order valence-electron chi connectivity index (χ4n) is 7.73. The lowest BCUT2D eigenvalue weighted by Gasteiger charge is -2.36. The maximum absolute atomic E-state index is 16.9. The van der Waals surface area contributed by atoms with E-state index < -0.39 is 23.3 Å². The van der Waals surface area contributed by atoms with Crippen LogP contribution < -0.4 is 15.0 Å². The number of nitrogens with one attached hydrogen (secondary N) is 1. The van der Waals surface area contributed by atoms with Gasteiger partial charge < -0.3 is 24.8 Å². The molecule has 1 unspecified atom stereocenters. The van der Waals surface area contributed by atoms with Crippen LogP contribution in [0.2, 0.25) is 0 Å². The Kier molecular flexibility index (Phi) is 9.44. The number of benzene rings is 3. The fraction of sp³-hybridized carbons (Fsp3) is 0.474. The van der Waals surface area contributed by atoms with E-state index >= 15 is 8.78 Å². The summed E-state index contributed by atoms with van der Waals surface area (Å²) < 4.78 is 59.5. The van der Waals surface area contributed by atoms with E-state index in [2.05, 4.69) is 21.1 Å². The van der Waals surface area contributed by atoms with Gasteiger partial charge >= 0.3 is 6.01 Å². The van der Waals surface area contributed by atoms with Crippen LogP contribution in [0.1, 0.15) is 52.5 Å². The number of halogens is 3. The molecule has 4 atom stereocenters. The lowest BCUT2D eigenvalue weighted by atomic mass is 9.93. The number of likely N-dealkylation sites (N-methyl/N-ethyl adjacent to an activating group) is 1. The second-order valence-corrected chi connectivity index (χ2v) is 14.2. The molecular formula is C38H44F3N5O3. The van der Waals surface area contributed by atoms with E-state index in [0.717, 1.165) is 19.4 Å². The molecule has 0 amide bonds. The fourth-order valence-corrected chi connectivity index (χ4v) is 7.73. The van der Waals surface area contributed by atoms with Gasteiger partial charge in [0.1, 0.15) is 35.7 Å². The van der Waals surface area contributed by atoms with Crippen molar-refractivity contribution in [3.05, 3.63) is 53.6 Å². The van der Waals surface area contributed by atoms with E-state index in [-0.39, 0.29) is 63.9 Å². The first-order valence-electron chi connectivity index (χ1n) is 16.7. The molecule has 260 valence electrons. The number of alkyl halides is 1. The van der Waals surface area contributed by atoms with Gasteiger partial charge in [0.05, 0.1) is 17.2 Å². The number of terminal acetylenes is 1. The smallest absolute Gasteiger partial charge is 0.319 e. The molecule has 0 radical (unpaired) electrons. The summed E-state index contributed by atoms with van der Waals surface area (Å²) in [4.78, 5) is 13.1. The van der Waals surface area contributed by atoms with Crippen molar-refractivity contribution < 1.29 is 27.8 Å². The molecule has 2 N–H and O–H groups in total. The monoisotopic (exact) mass is 675 g/mol. The van der Waals surface area contributed by atoms with Gasteiger partial charge in [-0.15, -0.1) is 6.42 Å². The van der Waals surface area contributed by atoms with Crippen LogP contribution >= 0.6 is 0 Å². The Morgan fingerprint density at radius 2 is 2.00 bits per heavy atom. The van der Waals surface area contributed by atoms with Gasteiger partial charge in [0, 0.05) is 67.1 Å². The highest BCUT2D eigenvalue weighted by atomic mass is 19.1. The van der Waals surface area contributed by atoms with Crippen LogP contribution in [0.4, 0.5) is 19.0 Å². The molecule has 4 aromatic rings. The summed E-state index contributed by atoms with van der Waals surface area (Å²) >= 11 is 0. The summed E-state index contributed by atoms with van der Waals surface area (Å²) in [6, 6.07) is 8.97. The third-order valence-electron chi connectivity index (χ3n) is 10.4. The van der Waals surface area contributed by atoms with E-state index in [4.69, 9.17) is 20.9 Å². The molecule has 2 saturated heterocycles. The summed E-state index contributed by atoms with van der Waals surface area (Å²) in [7, 11) is 3.46. The van der Waals surface area contributed by atoms with Gasteiger partial charge in [-0.25, -0.2) is 13.2 Å². The maximum atomic E-state index is 16.9. The lowest BCUT2D eigenvalue weighted by Crippen LogP contribution is -2.55. The highest BCUT2D eigenvalue weighted by Gasteiger charge is 2.49. The Hall–Kier alpha value is -4.11. The minimum absolute atomic E-state index is 0.0840. The summed E-state index contributed by atoms with van der Waals surface area (Å²) in [6.45, 7) is 9.78. The molecular weight excluding hydrogens is 631 g/mol. The van der Waals surface area contributed by atoms with Gasteiger partial charge in [0.25, 0.3) is 0 Å². The van der Waals surface area contributed by atoms with Gasteiger partial charge in [-0.3, -0.25) is 4.90 Å². The number of hydrogen-bond donors (Lipinski definition) is 2. The SMILES string of the molecule is C#Cc1cccc2cc(O)cc(-c3c(F)cc4c(N(C)C[C@@H](C)NC(C)(C)C(C)OC)nc(OC[C@@]56CCCN5C[C@H](F)C6)nc4c3F)c12. The molecule has 0 bridgehead atoms. The number of phenolic OH excluding ortho intramolecular Hbond substituents is 1.